The lowest BCUT2D eigenvalue weighted by Crippen LogP contribution is -2.48. The minimum absolute atomic E-state index is 0.137. The van der Waals surface area contributed by atoms with E-state index < -0.39 is 31.7 Å². The quantitative estimate of drug-likeness (QED) is 0.0684. The molecule has 4 aromatic rings. The van der Waals surface area contributed by atoms with Crippen LogP contribution in [0.1, 0.15) is 101 Å². The fourth-order valence-corrected chi connectivity index (χ4v) is 15.3. The van der Waals surface area contributed by atoms with E-state index >= 15 is 0 Å². The number of halogens is 4. The van der Waals surface area contributed by atoms with E-state index in [-0.39, 0.29) is 28.1 Å². The molecule has 4 heterocycles. The van der Waals surface area contributed by atoms with Crippen LogP contribution in [0.4, 0.5) is 29.3 Å². The largest absolute Gasteiger partial charge is 0.501 e. The normalized spacial score (nSPS) is 21.2. The Morgan fingerprint density at radius 2 is 1.48 bits per heavy atom. The summed E-state index contributed by atoms with van der Waals surface area (Å²) < 4.78 is 83.3. The standard InChI is InChI=1S/C63H83ClF3N7O6S3/c1-61(2,3)80-60(76)74-32-24-47(25-33-74)46-22-29-72(30-23-46)45-62(4)27-21-56(48-11-15-51(64)16-12-48)50(42-62)43-71-34-36-73(37-35-71)53-17-13-49(14-18-53)59(75)69-82-55-19-20-57(58(41-55)83(77,78)63(65,66)67)68-52(44-81-54-9-6-5-7-10-54)26-31-70-28-8-39-79-40-38-70/h5-7,9-20,41,46-47,52,68H,8,21-40,42-45H2,1-4H3,(H,69,75)/t52-,62-/m1/s1. The van der Waals surface area contributed by atoms with E-state index in [1.54, 1.807) is 23.9 Å². The third kappa shape index (κ3) is 17.6. The molecule has 4 aromatic carbocycles. The van der Waals surface area contributed by atoms with Crippen molar-refractivity contribution >= 4 is 74.1 Å². The lowest BCUT2D eigenvalue weighted by Gasteiger charge is -2.45. The van der Waals surface area contributed by atoms with Crippen molar-refractivity contribution < 1.29 is 40.7 Å². The molecule has 9 rings (SSSR count). The molecule has 2 N–H and O–H groups in total. The van der Waals surface area contributed by atoms with Crippen molar-refractivity contribution in [1.29, 1.82) is 0 Å². The predicted octanol–water partition coefficient (Wildman–Crippen LogP) is 12.9. The Morgan fingerprint density at radius 3 is 2.16 bits per heavy atom. The number of nitrogens with one attached hydrogen (secondary N) is 2. The fourth-order valence-electron chi connectivity index (χ4n) is 12.5. The number of thioether (sulfide) groups is 1. The van der Waals surface area contributed by atoms with Gasteiger partial charge in [-0.1, -0.05) is 54.4 Å². The van der Waals surface area contributed by atoms with E-state index in [4.69, 9.17) is 21.1 Å². The summed E-state index contributed by atoms with van der Waals surface area (Å²) in [5, 5.41) is 3.92. The van der Waals surface area contributed by atoms with Crippen LogP contribution in [-0.4, -0.2) is 161 Å². The zero-order valence-corrected chi connectivity index (χ0v) is 51.8. The topological polar surface area (TPSA) is 127 Å². The predicted molar refractivity (Wildman–Crippen MR) is 329 cm³/mol. The number of carbonyl (C=O) groups excluding carboxylic acids is 2. The van der Waals surface area contributed by atoms with Crippen molar-refractivity contribution in [2.45, 2.75) is 117 Å². The molecule has 0 bridgehead atoms. The number of nitrogens with zero attached hydrogens (tertiary/aromatic N) is 5. The Labute approximate surface area is 503 Å². The Kier molecular flexibility index (Phi) is 21.5. The van der Waals surface area contributed by atoms with Crippen LogP contribution in [0.5, 0.6) is 0 Å². The van der Waals surface area contributed by atoms with Gasteiger partial charge in [-0.05, 0) is 199 Å². The number of piperidine rings is 2. The van der Waals surface area contributed by atoms with E-state index in [9.17, 15) is 31.2 Å². The van der Waals surface area contributed by atoms with Gasteiger partial charge in [0, 0.05) is 116 Å². The summed E-state index contributed by atoms with van der Waals surface area (Å²) in [5.74, 6) is 1.38. The van der Waals surface area contributed by atoms with Crippen LogP contribution in [0, 0.1) is 17.3 Å². The maximum Gasteiger partial charge on any atom is 0.501 e. The van der Waals surface area contributed by atoms with Gasteiger partial charge in [0.2, 0.25) is 0 Å². The molecular formula is C63H83ClF3N7O6S3. The minimum Gasteiger partial charge on any atom is -0.444 e. The Hall–Kier alpha value is -4.47. The van der Waals surface area contributed by atoms with E-state index in [1.807, 2.05) is 80.3 Å². The molecule has 0 spiro atoms. The average Bonchev–Trinajstić information content (AvgIpc) is 3.93. The first-order valence-corrected chi connectivity index (χ1v) is 33.2. The summed E-state index contributed by atoms with van der Waals surface area (Å²) in [4.78, 5) is 38.2. The molecule has 4 saturated heterocycles. The number of carbonyl (C=O) groups is 2. The van der Waals surface area contributed by atoms with Gasteiger partial charge in [-0.25, -0.2) is 13.2 Å². The number of hydrogen-bond acceptors (Lipinski definition) is 13. The summed E-state index contributed by atoms with van der Waals surface area (Å²) >= 11 is 8.70. The van der Waals surface area contributed by atoms with Crippen LogP contribution >= 0.6 is 35.3 Å². The van der Waals surface area contributed by atoms with Crippen LogP contribution in [0.25, 0.3) is 5.57 Å². The highest BCUT2D eigenvalue weighted by Crippen LogP contribution is 2.45. The highest BCUT2D eigenvalue weighted by molar-refractivity contribution is 7.99. The number of amides is 2. The molecule has 1 aliphatic carbocycles. The van der Waals surface area contributed by atoms with Gasteiger partial charge in [-0.2, -0.15) is 13.2 Å². The lowest BCUT2D eigenvalue weighted by atomic mass is 9.70. The first kappa shape index (κ1) is 63.0. The number of anilines is 2. The van der Waals surface area contributed by atoms with Gasteiger partial charge in [0.15, 0.2) is 0 Å². The summed E-state index contributed by atoms with van der Waals surface area (Å²) in [6, 6.07) is 28.8. The molecule has 2 atom stereocenters. The monoisotopic (exact) mass is 1220 g/mol. The molecule has 4 fully saturated rings. The molecule has 452 valence electrons. The summed E-state index contributed by atoms with van der Waals surface area (Å²) in [6.45, 7) is 20.9. The van der Waals surface area contributed by atoms with Gasteiger partial charge in [-0.3, -0.25) is 14.4 Å². The smallest absolute Gasteiger partial charge is 0.444 e. The van der Waals surface area contributed by atoms with Crippen molar-refractivity contribution in [2.75, 3.05) is 114 Å². The van der Waals surface area contributed by atoms with Crippen LogP contribution in [0.2, 0.25) is 5.02 Å². The van der Waals surface area contributed by atoms with Gasteiger partial charge in [-0.15, -0.1) is 11.8 Å². The molecule has 0 aromatic heterocycles. The number of benzene rings is 4. The molecular weight excluding hydrogens is 1140 g/mol. The number of rotatable bonds is 19. The zero-order valence-electron chi connectivity index (χ0n) is 48.6. The zero-order chi connectivity index (χ0) is 58.8. The van der Waals surface area contributed by atoms with E-state index in [0.717, 1.165) is 151 Å². The van der Waals surface area contributed by atoms with Crippen LogP contribution in [-0.2, 0) is 19.3 Å². The molecule has 5 aliphatic rings. The molecule has 4 aliphatic heterocycles. The second-order valence-electron chi connectivity index (χ2n) is 24.5. The van der Waals surface area contributed by atoms with E-state index in [0.29, 0.717) is 49.3 Å². The Morgan fingerprint density at radius 1 is 0.795 bits per heavy atom. The van der Waals surface area contributed by atoms with Gasteiger partial charge >= 0.3 is 11.6 Å². The molecule has 0 unspecified atom stereocenters. The highest BCUT2D eigenvalue weighted by atomic mass is 35.5. The first-order chi connectivity index (χ1) is 39.7. The Bertz CT molecular complexity index is 2920. The third-order valence-electron chi connectivity index (χ3n) is 17.1. The first-order valence-electron chi connectivity index (χ1n) is 29.6. The van der Waals surface area contributed by atoms with Crippen LogP contribution < -0.4 is 14.9 Å². The van der Waals surface area contributed by atoms with Crippen LogP contribution in [0.3, 0.4) is 0 Å². The van der Waals surface area contributed by atoms with Gasteiger partial charge in [0.05, 0.1) is 12.3 Å². The van der Waals surface area contributed by atoms with Crippen LogP contribution in [0.15, 0.2) is 117 Å². The molecule has 0 saturated carbocycles. The van der Waals surface area contributed by atoms with Crippen molar-refractivity contribution in [3.63, 3.8) is 0 Å². The van der Waals surface area contributed by atoms with Crippen molar-refractivity contribution in [3.05, 3.63) is 119 Å². The van der Waals surface area contributed by atoms with Crippen molar-refractivity contribution in [2.24, 2.45) is 17.3 Å². The highest BCUT2D eigenvalue weighted by Gasteiger charge is 2.48. The summed E-state index contributed by atoms with van der Waals surface area (Å²) in [7, 11) is -5.78. The van der Waals surface area contributed by atoms with E-state index in [1.165, 1.54) is 41.7 Å². The molecule has 20 heteroatoms. The lowest BCUT2D eigenvalue weighted by molar-refractivity contribution is -0.0436. The number of hydrogen-bond donors (Lipinski definition) is 2. The number of likely N-dealkylation sites (tertiary alicyclic amines) is 2. The molecule has 2 amide bonds. The van der Waals surface area contributed by atoms with Gasteiger partial charge < -0.3 is 34.4 Å². The average molecular weight is 1220 g/mol. The molecule has 83 heavy (non-hydrogen) atoms. The molecule has 13 nitrogen and oxygen atoms in total. The summed E-state index contributed by atoms with van der Waals surface area (Å²) in [5.41, 5.74) is -0.476. The summed E-state index contributed by atoms with van der Waals surface area (Å²) in [6.07, 6.45) is 8.95. The molecule has 0 radical (unpaired) electrons. The Balaban J connectivity index is 0.782. The number of piperazine rings is 1. The third-order valence-corrected chi connectivity index (χ3v) is 20.8. The fraction of sp³-hybridized carbons (Fsp3) is 0.556. The maximum atomic E-state index is 14.3. The second kappa shape index (κ2) is 28.4. The van der Waals surface area contributed by atoms with Gasteiger partial charge in [0.25, 0.3) is 15.7 Å². The second-order valence-corrected chi connectivity index (χ2v) is 28.8. The number of ether oxygens (including phenoxy) is 2. The SMILES string of the molecule is CC(C)(C)OC(=O)N1CCC(C2CCN(C[C@]3(C)CCC(c4ccc(Cl)cc4)=C(CN4CCN(c5ccc(C(=O)NSc6ccc(N[C@H](CCN7CCCOCC7)CSc7ccccc7)c(S(=O)(=O)C(F)(F)F)c6)cc5)CC4)C3)CC2)CC1. The van der Waals surface area contributed by atoms with Gasteiger partial charge in [0.1, 0.15) is 10.5 Å². The number of allylic oxidation sites excluding steroid dienone is 1. The minimum atomic E-state index is -5.78. The van der Waals surface area contributed by atoms with E-state index in [2.05, 4.69) is 48.7 Å². The van der Waals surface area contributed by atoms with Crippen molar-refractivity contribution in [3.8, 4) is 0 Å². The maximum absolute atomic E-state index is 14.3. The number of alkyl halides is 3. The van der Waals surface area contributed by atoms with Crippen molar-refractivity contribution in [1.82, 2.24) is 24.3 Å². The number of sulfone groups is 1.